The van der Waals surface area contributed by atoms with Crippen molar-refractivity contribution in [1.82, 2.24) is 4.98 Å². The highest BCUT2D eigenvalue weighted by Crippen LogP contribution is 2.45. The maximum Gasteiger partial charge on any atom is 0.123 e. The lowest BCUT2D eigenvalue weighted by molar-refractivity contribution is 0.611. The van der Waals surface area contributed by atoms with Crippen LogP contribution in [-0.4, -0.2) is 4.98 Å². The number of nitrogens with zero attached hydrogens (tertiary/aromatic N) is 1. The van der Waals surface area contributed by atoms with Gasteiger partial charge in [0.1, 0.15) is 16.2 Å². The van der Waals surface area contributed by atoms with Crippen molar-refractivity contribution in [2.45, 2.75) is 5.41 Å². The van der Waals surface area contributed by atoms with Crippen LogP contribution in [0.3, 0.4) is 0 Å². The second-order valence-electron chi connectivity index (χ2n) is 6.51. The topological polar surface area (TPSA) is 12.9 Å². The smallest absolute Gasteiger partial charge is 0.123 e. The predicted molar refractivity (Wildman–Crippen MR) is 110 cm³/mol. The maximum atomic E-state index is 14.3. The number of hydrogen-bond acceptors (Lipinski definition) is 1. The van der Waals surface area contributed by atoms with Crippen molar-refractivity contribution < 1.29 is 8.78 Å². The molecule has 4 rings (SSSR count). The molecule has 0 amide bonds. The highest BCUT2D eigenvalue weighted by molar-refractivity contribution is 9.10. The lowest BCUT2D eigenvalue weighted by Crippen LogP contribution is -2.31. The molecule has 0 aliphatic heterocycles. The van der Waals surface area contributed by atoms with Gasteiger partial charge in [-0.15, -0.1) is 0 Å². The molecule has 4 aromatic rings. The first kappa shape index (κ1) is 18.5. The molecule has 0 bridgehead atoms. The Morgan fingerprint density at radius 2 is 1.18 bits per heavy atom. The molecule has 3 aromatic carbocycles. The minimum atomic E-state index is -0.918. The van der Waals surface area contributed by atoms with Crippen LogP contribution in [0.15, 0.2) is 102 Å². The van der Waals surface area contributed by atoms with Gasteiger partial charge in [0.05, 0.1) is 5.41 Å². The van der Waals surface area contributed by atoms with Crippen LogP contribution < -0.4 is 0 Å². The van der Waals surface area contributed by atoms with Gasteiger partial charge >= 0.3 is 0 Å². The zero-order valence-electron chi connectivity index (χ0n) is 14.8. The minimum absolute atomic E-state index is 0.348. The number of benzene rings is 3. The van der Waals surface area contributed by atoms with Crippen molar-refractivity contribution in [3.8, 4) is 0 Å². The van der Waals surface area contributed by atoms with Gasteiger partial charge in [0.25, 0.3) is 0 Å². The lowest BCUT2D eigenvalue weighted by Gasteiger charge is -2.36. The number of pyridine rings is 1. The van der Waals surface area contributed by atoms with E-state index in [9.17, 15) is 8.78 Å². The molecule has 0 N–H and O–H groups in total. The van der Waals surface area contributed by atoms with E-state index in [4.69, 9.17) is 0 Å². The van der Waals surface area contributed by atoms with Gasteiger partial charge in [0.2, 0.25) is 0 Å². The quantitative estimate of drug-likeness (QED) is 0.263. The van der Waals surface area contributed by atoms with Gasteiger partial charge in [-0.3, -0.25) is 0 Å². The van der Waals surface area contributed by atoms with Crippen molar-refractivity contribution in [3.63, 3.8) is 0 Å². The summed E-state index contributed by atoms with van der Waals surface area (Å²) in [5, 5.41) is 0. The Morgan fingerprint density at radius 3 is 1.68 bits per heavy atom. The first-order valence-electron chi connectivity index (χ1n) is 8.80. The second kappa shape index (κ2) is 7.64. The van der Waals surface area contributed by atoms with Crippen molar-refractivity contribution in [2.24, 2.45) is 0 Å². The first-order valence-corrected chi connectivity index (χ1v) is 9.59. The second-order valence-corrected chi connectivity index (χ2v) is 7.32. The highest BCUT2D eigenvalue weighted by Gasteiger charge is 2.39. The van der Waals surface area contributed by atoms with E-state index in [-0.39, 0.29) is 11.6 Å². The summed E-state index contributed by atoms with van der Waals surface area (Å²) in [6.45, 7) is 0. The molecule has 1 aromatic heterocycles. The third-order valence-corrected chi connectivity index (χ3v) is 5.35. The summed E-state index contributed by atoms with van der Waals surface area (Å²) >= 11 is 3.37. The monoisotopic (exact) mass is 435 g/mol. The molecular weight excluding hydrogens is 420 g/mol. The van der Waals surface area contributed by atoms with Gasteiger partial charge in [0, 0.05) is 6.20 Å². The fraction of sp³-hybridized carbons (Fsp3) is 0.0417. The third-order valence-electron chi connectivity index (χ3n) is 4.88. The van der Waals surface area contributed by atoms with E-state index in [0.717, 1.165) is 11.1 Å². The molecule has 138 valence electrons. The van der Waals surface area contributed by atoms with Gasteiger partial charge in [-0.25, -0.2) is 13.8 Å². The number of rotatable bonds is 4. The van der Waals surface area contributed by atoms with Crippen LogP contribution in [0.2, 0.25) is 0 Å². The van der Waals surface area contributed by atoms with Gasteiger partial charge in [-0.1, -0.05) is 60.7 Å². The zero-order chi connectivity index (χ0) is 19.6. The molecule has 0 atom stereocenters. The molecule has 4 heteroatoms. The summed E-state index contributed by atoms with van der Waals surface area (Å²) in [7, 11) is 0. The molecule has 1 nitrogen and oxygen atoms in total. The van der Waals surface area contributed by atoms with Gasteiger partial charge in [-0.2, -0.15) is 0 Å². The minimum Gasteiger partial charge on any atom is -0.249 e. The van der Waals surface area contributed by atoms with E-state index in [2.05, 4.69) is 20.9 Å². The summed E-state index contributed by atoms with van der Waals surface area (Å²) in [5.41, 5.74) is 2.20. The van der Waals surface area contributed by atoms with Crippen LogP contribution in [0.4, 0.5) is 8.78 Å². The van der Waals surface area contributed by atoms with E-state index in [1.165, 1.54) is 24.3 Å². The summed E-state index contributed by atoms with van der Waals surface area (Å²) in [6.07, 6.45) is 1.74. The summed E-state index contributed by atoms with van der Waals surface area (Å²) < 4.78 is 29.3. The Morgan fingerprint density at radius 1 is 0.607 bits per heavy atom. The van der Waals surface area contributed by atoms with Crippen LogP contribution in [-0.2, 0) is 5.41 Å². The van der Waals surface area contributed by atoms with Crippen LogP contribution in [0.1, 0.15) is 22.3 Å². The third kappa shape index (κ3) is 3.25. The van der Waals surface area contributed by atoms with Crippen molar-refractivity contribution in [3.05, 3.63) is 136 Å². The Hall–Kier alpha value is -2.85. The normalized spacial score (nSPS) is 11.4. The first-order chi connectivity index (χ1) is 13.6. The van der Waals surface area contributed by atoms with E-state index >= 15 is 0 Å². The van der Waals surface area contributed by atoms with Gasteiger partial charge in [0.15, 0.2) is 0 Å². The van der Waals surface area contributed by atoms with E-state index in [1.54, 1.807) is 18.3 Å². The number of hydrogen-bond donors (Lipinski definition) is 0. The molecular formula is C24H16BrF2N. The standard InChI is InChI=1S/C24H16BrF2N/c25-23-13-12-20(16-28-23)24(17-6-2-1-3-7-17,18-8-4-10-21(26)14-18)19-9-5-11-22(27)15-19/h1-16H. The number of halogens is 3. The maximum absolute atomic E-state index is 14.3. The summed E-state index contributed by atoms with van der Waals surface area (Å²) in [4.78, 5) is 4.40. The molecule has 0 radical (unpaired) electrons. The molecule has 0 saturated carbocycles. The average Bonchev–Trinajstić information content (AvgIpc) is 2.71. The molecule has 0 spiro atoms. The molecule has 0 unspecified atom stereocenters. The zero-order valence-corrected chi connectivity index (χ0v) is 16.4. The van der Waals surface area contributed by atoms with E-state index in [0.29, 0.717) is 15.7 Å². The number of aromatic nitrogens is 1. The van der Waals surface area contributed by atoms with Crippen molar-refractivity contribution in [1.29, 1.82) is 0 Å². The Kier molecular flexibility index (Phi) is 5.05. The Balaban J connectivity index is 2.15. The van der Waals surface area contributed by atoms with Crippen LogP contribution >= 0.6 is 15.9 Å². The summed E-state index contributed by atoms with van der Waals surface area (Å²) in [6, 6.07) is 26.4. The molecule has 0 saturated heterocycles. The van der Waals surface area contributed by atoms with E-state index in [1.807, 2.05) is 54.6 Å². The Bertz CT molecular complexity index is 1050. The molecule has 0 aliphatic rings. The van der Waals surface area contributed by atoms with E-state index < -0.39 is 5.41 Å². The van der Waals surface area contributed by atoms with Crippen molar-refractivity contribution >= 4 is 15.9 Å². The fourth-order valence-electron chi connectivity index (χ4n) is 3.73. The van der Waals surface area contributed by atoms with Gasteiger partial charge < -0.3 is 0 Å². The largest absolute Gasteiger partial charge is 0.249 e. The van der Waals surface area contributed by atoms with Crippen molar-refractivity contribution in [2.75, 3.05) is 0 Å². The molecule has 0 fully saturated rings. The van der Waals surface area contributed by atoms with Crippen LogP contribution in [0, 0.1) is 11.6 Å². The SMILES string of the molecule is Fc1cccc(C(c2ccccc2)(c2ccc(Br)nc2)c2cccc(F)c2)c1. The Labute approximate surface area is 170 Å². The average molecular weight is 436 g/mol. The van der Waals surface area contributed by atoms with Gasteiger partial charge in [-0.05, 0) is 68.5 Å². The molecule has 28 heavy (non-hydrogen) atoms. The predicted octanol–water partition coefficient (Wildman–Crippen LogP) is 6.51. The fourth-order valence-corrected chi connectivity index (χ4v) is 3.96. The summed E-state index contributed by atoms with van der Waals surface area (Å²) in [5.74, 6) is -0.696. The van der Waals surface area contributed by atoms with Crippen LogP contribution in [0.25, 0.3) is 0 Å². The lowest BCUT2D eigenvalue weighted by atomic mass is 9.65. The molecule has 0 aliphatic carbocycles. The highest BCUT2D eigenvalue weighted by atomic mass is 79.9. The van der Waals surface area contributed by atoms with Crippen LogP contribution in [0.5, 0.6) is 0 Å². The molecule has 1 heterocycles.